The molecule has 0 aliphatic heterocycles. The van der Waals surface area contributed by atoms with Crippen molar-refractivity contribution in [1.82, 2.24) is 0 Å². The topological polar surface area (TPSA) is 20.2 Å². The SMILES string of the molecule is CCC1C=CC(C2CCC(C3CCC(O)CC3)CC2)=CC1. The number of aliphatic hydroxyl groups excluding tert-OH is 1. The van der Waals surface area contributed by atoms with E-state index < -0.39 is 0 Å². The van der Waals surface area contributed by atoms with Crippen molar-refractivity contribution in [3.05, 3.63) is 23.8 Å². The minimum absolute atomic E-state index is 0.00151. The van der Waals surface area contributed by atoms with Crippen LogP contribution in [0.25, 0.3) is 0 Å². The zero-order valence-corrected chi connectivity index (χ0v) is 13.6. The van der Waals surface area contributed by atoms with E-state index in [1.54, 1.807) is 5.57 Å². The van der Waals surface area contributed by atoms with Crippen LogP contribution in [-0.4, -0.2) is 11.2 Å². The van der Waals surface area contributed by atoms with Gasteiger partial charge in [-0.3, -0.25) is 0 Å². The second-order valence-electron chi connectivity index (χ2n) is 7.65. The molecule has 1 nitrogen and oxygen atoms in total. The van der Waals surface area contributed by atoms with Gasteiger partial charge in [0, 0.05) is 0 Å². The van der Waals surface area contributed by atoms with E-state index in [9.17, 15) is 5.11 Å². The van der Waals surface area contributed by atoms with E-state index in [2.05, 4.69) is 25.2 Å². The van der Waals surface area contributed by atoms with E-state index in [0.29, 0.717) is 0 Å². The van der Waals surface area contributed by atoms with Gasteiger partial charge >= 0.3 is 0 Å². The summed E-state index contributed by atoms with van der Waals surface area (Å²) in [6.07, 6.45) is 20.3. The Morgan fingerprint density at radius 1 is 0.952 bits per heavy atom. The summed E-state index contributed by atoms with van der Waals surface area (Å²) in [5, 5.41) is 9.66. The van der Waals surface area contributed by atoms with E-state index in [1.807, 2.05) is 0 Å². The molecular formula is C20H32O. The lowest BCUT2D eigenvalue weighted by Gasteiger charge is -2.37. The number of hydrogen-bond acceptors (Lipinski definition) is 1. The molecule has 21 heavy (non-hydrogen) atoms. The van der Waals surface area contributed by atoms with Crippen LogP contribution in [0.4, 0.5) is 0 Å². The van der Waals surface area contributed by atoms with Gasteiger partial charge in [-0.1, -0.05) is 25.2 Å². The van der Waals surface area contributed by atoms with E-state index in [1.165, 1.54) is 51.4 Å². The van der Waals surface area contributed by atoms with E-state index in [4.69, 9.17) is 0 Å². The third kappa shape index (κ3) is 3.80. The Hall–Kier alpha value is -0.560. The van der Waals surface area contributed by atoms with Crippen molar-refractivity contribution >= 4 is 0 Å². The van der Waals surface area contributed by atoms with Gasteiger partial charge in [0.05, 0.1) is 6.10 Å². The second kappa shape index (κ2) is 7.13. The smallest absolute Gasteiger partial charge is 0.0540 e. The number of hydrogen-bond donors (Lipinski definition) is 1. The number of rotatable bonds is 3. The van der Waals surface area contributed by atoms with Crippen LogP contribution in [0.2, 0.25) is 0 Å². The zero-order valence-electron chi connectivity index (χ0n) is 13.6. The molecule has 0 amide bonds. The average Bonchev–Trinajstić information content (AvgIpc) is 2.56. The number of allylic oxidation sites excluding steroid dienone is 4. The van der Waals surface area contributed by atoms with Crippen LogP contribution in [0.3, 0.4) is 0 Å². The normalized spacial score (nSPS) is 40.9. The summed E-state index contributed by atoms with van der Waals surface area (Å²) >= 11 is 0. The molecule has 0 bridgehead atoms. The summed E-state index contributed by atoms with van der Waals surface area (Å²) in [5.74, 6) is 3.49. The molecule has 118 valence electrons. The van der Waals surface area contributed by atoms with Crippen LogP contribution in [0.5, 0.6) is 0 Å². The van der Waals surface area contributed by atoms with Crippen molar-refractivity contribution in [2.24, 2.45) is 23.7 Å². The molecule has 0 radical (unpaired) electrons. The minimum atomic E-state index is 0.00151. The Morgan fingerprint density at radius 3 is 2.10 bits per heavy atom. The molecular weight excluding hydrogens is 256 g/mol. The summed E-state index contributed by atoms with van der Waals surface area (Å²) in [6, 6.07) is 0. The van der Waals surface area contributed by atoms with Gasteiger partial charge in [-0.15, -0.1) is 0 Å². The summed E-state index contributed by atoms with van der Waals surface area (Å²) in [4.78, 5) is 0. The van der Waals surface area contributed by atoms with Crippen LogP contribution >= 0.6 is 0 Å². The fraction of sp³-hybridized carbons (Fsp3) is 0.800. The first-order valence-corrected chi connectivity index (χ1v) is 9.32. The maximum absolute atomic E-state index is 9.66. The van der Waals surface area contributed by atoms with Crippen molar-refractivity contribution in [2.45, 2.75) is 77.2 Å². The molecule has 1 unspecified atom stereocenters. The van der Waals surface area contributed by atoms with Gasteiger partial charge in [-0.25, -0.2) is 0 Å². The third-order valence-corrected chi connectivity index (χ3v) is 6.39. The largest absolute Gasteiger partial charge is 0.393 e. The van der Waals surface area contributed by atoms with Crippen LogP contribution in [-0.2, 0) is 0 Å². The highest BCUT2D eigenvalue weighted by Gasteiger charge is 2.31. The molecule has 1 atom stereocenters. The van der Waals surface area contributed by atoms with Crippen molar-refractivity contribution in [3.63, 3.8) is 0 Å². The summed E-state index contributed by atoms with van der Waals surface area (Å²) < 4.78 is 0. The standard InChI is InChI=1S/C20H32O/c1-2-15-3-5-16(6-4-15)17-7-9-18(10-8-17)19-11-13-20(21)14-12-19/h3,5-6,15,17-21H,2,4,7-14H2,1H3. The quantitative estimate of drug-likeness (QED) is 0.751. The summed E-state index contributed by atoms with van der Waals surface area (Å²) in [6.45, 7) is 2.29. The molecule has 0 aromatic carbocycles. The van der Waals surface area contributed by atoms with Crippen molar-refractivity contribution < 1.29 is 5.11 Å². The highest BCUT2D eigenvalue weighted by molar-refractivity contribution is 5.26. The minimum Gasteiger partial charge on any atom is -0.393 e. The van der Waals surface area contributed by atoms with E-state index >= 15 is 0 Å². The summed E-state index contributed by atoms with van der Waals surface area (Å²) in [7, 11) is 0. The molecule has 3 rings (SSSR count). The molecule has 3 aliphatic rings. The van der Waals surface area contributed by atoms with E-state index in [-0.39, 0.29) is 6.10 Å². The van der Waals surface area contributed by atoms with Crippen LogP contribution in [0, 0.1) is 23.7 Å². The lowest BCUT2D eigenvalue weighted by Crippen LogP contribution is -2.27. The Kier molecular flexibility index (Phi) is 5.21. The van der Waals surface area contributed by atoms with Gasteiger partial charge < -0.3 is 5.11 Å². The molecule has 3 aliphatic carbocycles. The maximum atomic E-state index is 9.66. The molecule has 0 spiro atoms. The van der Waals surface area contributed by atoms with Crippen LogP contribution in [0.1, 0.15) is 71.1 Å². The third-order valence-electron chi connectivity index (χ3n) is 6.39. The molecule has 1 heteroatoms. The second-order valence-corrected chi connectivity index (χ2v) is 7.65. The Balaban J connectivity index is 1.47. The van der Waals surface area contributed by atoms with Crippen molar-refractivity contribution in [1.29, 1.82) is 0 Å². The van der Waals surface area contributed by atoms with Gasteiger partial charge in [-0.2, -0.15) is 0 Å². The molecule has 1 N–H and O–H groups in total. The van der Waals surface area contributed by atoms with Gasteiger partial charge in [0.2, 0.25) is 0 Å². The molecule has 2 fully saturated rings. The molecule has 0 saturated heterocycles. The monoisotopic (exact) mass is 288 g/mol. The molecule has 0 aromatic heterocycles. The van der Waals surface area contributed by atoms with Crippen molar-refractivity contribution in [3.8, 4) is 0 Å². The predicted octanol–water partition coefficient (Wildman–Crippen LogP) is 5.26. The predicted molar refractivity (Wildman–Crippen MR) is 89.0 cm³/mol. The first kappa shape index (κ1) is 15.3. The molecule has 0 aromatic rings. The highest BCUT2D eigenvalue weighted by Crippen LogP contribution is 2.42. The van der Waals surface area contributed by atoms with Crippen molar-refractivity contribution in [2.75, 3.05) is 0 Å². The highest BCUT2D eigenvalue weighted by atomic mass is 16.3. The van der Waals surface area contributed by atoms with E-state index in [0.717, 1.165) is 36.5 Å². The lowest BCUT2D eigenvalue weighted by atomic mass is 9.69. The zero-order chi connectivity index (χ0) is 14.7. The average molecular weight is 288 g/mol. The van der Waals surface area contributed by atoms with Crippen LogP contribution < -0.4 is 0 Å². The fourth-order valence-corrected chi connectivity index (χ4v) is 4.78. The van der Waals surface area contributed by atoms with Gasteiger partial charge in [-0.05, 0) is 93.5 Å². The summed E-state index contributed by atoms with van der Waals surface area (Å²) in [5.41, 5.74) is 1.64. The van der Waals surface area contributed by atoms with Gasteiger partial charge in [0.1, 0.15) is 0 Å². The Morgan fingerprint density at radius 2 is 1.57 bits per heavy atom. The molecule has 2 saturated carbocycles. The Labute approximate surface area is 130 Å². The molecule has 0 heterocycles. The van der Waals surface area contributed by atoms with Gasteiger partial charge in [0.25, 0.3) is 0 Å². The fourth-order valence-electron chi connectivity index (χ4n) is 4.78. The maximum Gasteiger partial charge on any atom is 0.0540 e. The first-order valence-electron chi connectivity index (χ1n) is 9.32. The van der Waals surface area contributed by atoms with Gasteiger partial charge in [0.15, 0.2) is 0 Å². The van der Waals surface area contributed by atoms with Crippen LogP contribution in [0.15, 0.2) is 23.8 Å². The number of aliphatic hydroxyl groups is 1. The Bertz CT molecular complexity index is 379. The first-order chi connectivity index (χ1) is 10.3. The lowest BCUT2D eigenvalue weighted by molar-refractivity contribution is 0.0790.